The first-order valence-corrected chi connectivity index (χ1v) is 6.41. The number of nitrogens with two attached hydrogens (primary N) is 1. The van der Waals surface area contributed by atoms with E-state index in [4.69, 9.17) is 10.5 Å². The fourth-order valence-electron chi connectivity index (χ4n) is 1.71. The molecule has 0 amide bonds. The molecule has 1 aromatic heterocycles. The standard InChI is InChI=1S/C13H23N3O/c1-4-6-10(3)9-17-13-8-11(14)15-12(16-13)7-5-2/h8,10H,4-7,9H2,1-3H3,(H2,14,15,16). The van der Waals surface area contributed by atoms with E-state index < -0.39 is 0 Å². The number of nitrogens with zero attached hydrogens (tertiary/aromatic N) is 2. The van der Waals surface area contributed by atoms with E-state index in [-0.39, 0.29) is 0 Å². The number of ether oxygens (including phenoxy) is 1. The van der Waals surface area contributed by atoms with Crippen LogP contribution in [0.25, 0.3) is 0 Å². The Bertz CT molecular complexity index is 341. The van der Waals surface area contributed by atoms with Crippen LogP contribution in [0.5, 0.6) is 5.88 Å². The predicted molar refractivity (Wildman–Crippen MR) is 70.0 cm³/mol. The average molecular weight is 237 g/mol. The molecule has 0 bridgehead atoms. The van der Waals surface area contributed by atoms with Crippen LogP contribution in [0.2, 0.25) is 0 Å². The number of hydrogen-bond acceptors (Lipinski definition) is 4. The maximum Gasteiger partial charge on any atom is 0.218 e. The fourth-order valence-corrected chi connectivity index (χ4v) is 1.71. The number of aromatic nitrogens is 2. The van der Waals surface area contributed by atoms with Gasteiger partial charge in [0.1, 0.15) is 11.6 Å². The third-order valence-corrected chi connectivity index (χ3v) is 2.54. The minimum absolute atomic E-state index is 0.488. The van der Waals surface area contributed by atoms with Crippen molar-refractivity contribution in [1.29, 1.82) is 0 Å². The molecule has 96 valence electrons. The van der Waals surface area contributed by atoms with Crippen LogP contribution in [-0.4, -0.2) is 16.6 Å². The SMILES string of the molecule is CCCc1nc(N)cc(OCC(C)CCC)n1. The van der Waals surface area contributed by atoms with Gasteiger partial charge in [0, 0.05) is 12.5 Å². The molecule has 4 nitrogen and oxygen atoms in total. The van der Waals surface area contributed by atoms with Gasteiger partial charge in [-0.2, -0.15) is 4.98 Å². The molecule has 17 heavy (non-hydrogen) atoms. The molecule has 1 atom stereocenters. The van der Waals surface area contributed by atoms with Crippen molar-refractivity contribution >= 4 is 5.82 Å². The van der Waals surface area contributed by atoms with Crippen molar-refractivity contribution in [2.75, 3.05) is 12.3 Å². The van der Waals surface area contributed by atoms with Crippen molar-refractivity contribution in [3.05, 3.63) is 11.9 Å². The summed E-state index contributed by atoms with van der Waals surface area (Å²) in [6, 6.07) is 1.69. The summed E-state index contributed by atoms with van der Waals surface area (Å²) in [4.78, 5) is 8.52. The van der Waals surface area contributed by atoms with Crippen molar-refractivity contribution in [2.45, 2.75) is 46.5 Å². The maximum absolute atomic E-state index is 5.72. The van der Waals surface area contributed by atoms with Gasteiger partial charge in [0.15, 0.2) is 0 Å². The van der Waals surface area contributed by atoms with Gasteiger partial charge in [-0.05, 0) is 18.8 Å². The van der Waals surface area contributed by atoms with E-state index in [9.17, 15) is 0 Å². The lowest BCUT2D eigenvalue weighted by Gasteiger charge is -2.12. The second-order valence-corrected chi connectivity index (χ2v) is 4.50. The van der Waals surface area contributed by atoms with Crippen molar-refractivity contribution < 1.29 is 4.74 Å². The summed E-state index contributed by atoms with van der Waals surface area (Å²) in [7, 11) is 0. The van der Waals surface area contributed by atoms with E-state index in [0.717, 1.165) is 18.7 Å². The molecule has 1 heterocycles. The van der Waals surface area contributed by atoms with Crippen LogP contribution in [-0.2, 0) is 6.42 Å². The van der Waals surface area contributed by atoms with Gasteiger partial charge in [0.25, 0.3) is 0 Å². The molecule has 0 spiro atoms. The van der Waals surface area contributed by atoms with Gasteiger partial charge in [0.05, 0.1) is 6.61 Å². The van der Waals surface area contributed by atoms with Gasteiger partial charge in [-0.15, -0.1) is 0 Å². The van der Waals surface area contributed by atoms with Gasteiger partial charge in [0.2, 0.25) is 5.88 Å². The minimum Gasteiger partial charge on any atom is -0.477 e. The summed E-state index contributed by atoms with van der Waals surface area (Å²) in [6.07, 6.45) is 4.20. The molecular formula is C13H23N3O. The fraction of sp³-hybridized carbons (Fsp3) is 0.692. The minimum atomic E-state index is 0.488. The van der Waals surface area contributed by atoms with Crippen LogP contribution in [0.1, 0.15) is 45.9 Å². The molecule has 0 aromatic carbocycles. The number of hydrogen-bond donors (Lipinski definition) is 1. The Morgan fingerprint density at radius 3 is 2.71 bits per heavy atom. The predicted octanol–water partition coefficient (Wildman–Crippen LogP) is 2.83. The number of aryl methyl sites for hydroxylation is 1. The number of anilines is 1. The van der Waals surface area contributed by atoms with E-state index in [2.05, 4.69) is 30.7 Å². The number of rotatable bonds is 7. The van der Waals surface area contributed by atoms with E-state index in [1.807, 2.05) is 0 Å². The van der Waals surface area contributed by atoms with E-state index in [0.29, 0.717) is 24.2 Å². The highest BCUT2D eigenvalue weighted by molar-refractivity contribution is 5.32. The van der Waals surface area contributed by atoms with Crippen LogP contribution >= 0.6 is 0 Å². The smallest absolute Gasteiger partial charge is 0.218 e. The largest absolute Gasteiger partial charge is 0.477 e. The third kappa shape index (κ3) is 5.02. The molecule has 1 unspecified atom stereocenters. The molecule has 0 aliphatic rings. The Kier molecular flexibility index (Phi) is 5.73. The van der Waals surface area contributed by atoms with Crippen LogP contribution in [0.3, 0.4) is 0 Å². The van der Waals surface area contributed by atoms with Crippen molar-refractivity contribution in [3.8, 4) is 5.88 Å². The molecular weight excluding hydrogens is 214 g/mol. The second-order valence-electron chi connectivity index (χ2n) is 4.50. The molecule has 0 aliphatic heterocycles. The Hall–Kier alpha value is -1.32. The molecule has 0 saturated carbocycles. The summed E-state index contributed by atoms with van der Waals surface area (Å²) in [6.45, 7) is 7.14. The molecule has 0 saturated heterocycles. The Balaban J connectivity index is 2.57. The maximum atomic E-state index is 5.72. The van der Waals surface area contributed by atoms with Gasteiger partial charge in [-0.25, -0.2) is 4.98 Å². The second kappa shape index (κ2) is 7.09. The van der Waals surface area contributed by atoms with Crippen molar-refractivity contribution in [1.82, 2.24) is 9.97 Å². The quantitative estimate of drug-likeness (QED) is 0.792. The zero-order chi connectivity index (χ0) is 12.7. The molecule has 2 N–H and O–H groups in total. The zero-order valence-corrected chi connectivity index (χ0v) is 11.1. The molecule has 0 fully saturated rings. The van der Waals surface area contributed by atoms with E-state index in [1.165, 1.54) is 12.8 Å². The summed E-state index contributed by atoms with van der Waals surface area (Å²) in [5, 5.41) is 0. The van der Waals surface area contributed by atoms with Crippen LogP contribution < -0.4 is 10.5 Å². The van der Waals surface area contributed by atoms with Gasteiger partial charge < -0.3 is 10.5 Å². The first-order chi connectivity index (χ1) is 8.15. The highest BCUT2D eigenvalue weighted by Crippen LogP contribution is 2.14. The summed E-state index contributed by atoms with van der Waals surface area (Å²) in [5.74, 6) is 2.40. The molecule has 4 heteroatoms. The van der Waals surface area contributed by atoms with Crippen LogP contribution in [0, 0.1) is 5.92 Å². The van der Waals surface area contributed by atoms with E-state index >= 15 is 0 Å². The van der Waals surface area contributed by atoms with Crippen LogP contribution in [0.4, 0.5) is 5.82 Å². The molecule has 0 radical (unpaired) electrons. The van der Waals surface area contributed by atoms with Crippen molar-refractivity contribution in [3.63, 3.8) is 0 Å². The summed E-state index contributed by atoms with van der Waals surface area (Å²) < 4.78 is 5.66. The topological polar surface area (TPSA) is 61.0 Å². The van der Waals surface area contributed by atoms with E-state index in [1.54, 1.807) is 6.07 Å². The van der Waals surface area contributed by atoms with Gasteiger partial charge >= 0.3 is 0 Å². The van der Waals surface area contributed by atoms with Gasteiger partial charge in [-0.1, -0.05) is 27.2 Å². The highest BCUT2D eigenvalue weighted by Gasteiger charge is 2.06. The average Bonchev–Trinajstić information content (AvgIpc) is 2.26. The molecule has 0 aliphatic carbocycles. The monoisotopic (exact) mass is 237 g/mol. The van der Waals surface area contributed by atoms with Crippen LogP contribution in [0.15, 0.2) is 6.07 Å². The molecule has 1 rings (SSSR count). The zero-order valence-electron chi connectivity index (χ0n) is 11.1. The molecule has 1 aromatic rings. The lowest BCUT2D eigenvalue weighted by Crippen LogP contribution is -2.10. The van der Waals surface area contributed by atoms with Gasteiger partial charge in [-0.3, -0.25) is 0 Å². The normalized spacial score (nSPS) is 12.4. The Morgan fingerprint density at radius 2 is 2.06 bits per heavy atom. The summed E-state index contributed by atoms with van der Waals surface area (Å²) >= 11 is 0. The van der Waals surface area contributed by atoms with Crippen molar-refractivity contribution in [2.24, 2.45) is 5.92 Å². The first-order valence-electron chi connectivity index (χ1n) is 6.41. The lowest BCUT2D eigenvalue weighted by atomic mass is 10.1. The Labute approximate surface area is 104 Å². The Morgan fingerprint density at radius 1 is 1.29 bits per heavy atom. The third-order valence-electron chi connectivity index (χ3n) is 2.54. The lowest BCUT2D eigenvalue weighted by molar-refractivity contribution is 0.242. The first kappa shape index (κ1) is 13.7. The highest BCUT2D eigenvalue weighted by atomic mass is 16.5. The number of nitrogen functional groups attached to an aromatic ring is 1. The summed E-state index contributed by atoms with van der Waals surface area (Å²) in [5.41, 5.74) is 5.72.